The van der Waals surface area contributed by atoms with E-state index < -0.39 is 12.1 Å². The van der Waals surface area contributed by atoms with Gasteiger partial charge in [0.05, 0.1) is 6.10 Å². The molecule has 0 aromatic carbocycles. The highest BCUT2D eigenvalue weighted by molar-refractivity contribution is 5.86. The van der Waals surface area contributed by atoms with Crippen LogP contribution in [0.15, 0.2) is 22.8 Å². The summed E-state index contributed by atoms with van der Waals surface area (Å²) in [5, 5.41) is 20.2. The first kappa shape index (κ1) is 25.7. The molecule has 0 bridgehead atoms. The maximum Gasteiger partial charge on any atom is 0.330 e. The number of Topliss-reactive ketones (excluding diaryl/α,β-unsaturated/α-hetero) is 1. The fourth-order valence-electron chi connectivity index (χ4n) is 9.24. The minimum absolute atomic E-state index is 0.130. The van der Waals surface area contributed by atoms with Gasteiger partial charge in [-0.2, -0.15) is 0 Å². The topological polar surface area (TPSA) is 74.6 Å². The lowest BCUT2D eigenvalue weighted by Gasteiger charge is -2.61. The van der Waals surface area contributed by atoms with Crippen LogP contribution in [0.5, 0.6) is 0 Å². The van der Waals surface area contributed by atoms with Gasteiger partial charge in [-0.05, 0) is 92.3 Å². The highest BCUT2D eigenvalue weighted by Crippen LogP contribution is 2.72. The van der Waals surface area contributed by atoms with Crippen molar-refractivity contribution in [1.82, 2.24) is 0 Å². The molecule has 2 saturated carbocycles. The summed E-state index contributed by atoms with van der Waals surface area (Å²) in [7, 11) is 0. The average molecular weight is 471 g/mol. The molecule has 34 heavy (non-hydrogen) atoms. The molecule has 4 nitrogen and oxygen atoms in total. The molecular weight excluding hydrogens is 424 g/mol. The van der Waals surface area contributed by atoms with E-state index in [9.17, 15) is 14.7 Å². The van der Waals surface area contributed by atoms with Crippen molar-refractivity contribution >= 4 is 11.8 Å². The van der Waals surface area contributed by atoms with Crippen molar-refractivity contribution in [3.05, 3.63) is 22.8 Å². The second-order valence-electron chi connectivity index (χ2n) is 13.4. The predicted molar refractivity (Wildman–Crippen MR) is 135 cm³/mol. The Morgan fingerprint density at radius 1 is 1.03 bits per heavy atom. The summed E-state index contributed by atoms with van der Waals surface area (Å²) >= 11 is 0. The van der Waals surface area contributed by atoms with E-state index >= 15 is 0 Å². The van der Waals surface area contributed by atoms with Crippen LogP contribution in [0.4, 0.5) is 0 Å². The summed E-state index contributed by atoms with van der Waals surface area (Å²) in [5.74, 6) is 0.528. The number of rotatable bonds is 5. The summed E-state index contributed by atoms with van der Waals surface area (Å²) in [4.78, 5) is 24.0. The number of carbonyl (C=O) groups excluding carboxylic acids is 1. The van der Waals surface area contributed by atoms with Crippen molar-refractivity contribution in [3.8, 4) is 0 Å². The number of carboxylic acids is 1. The minimum Gasteiger partial charge on any atom is -0.478 e. The van der Waals surface area contributed by atoms with Crippen LogP contribution in [0.25, 0.3) is 0 Å². The molecule has 0 aliphatic heterocycles. The second kappa shape index (κ2) is 8.32. The first-order valence-electron chi connectivity index (χ1n) is 13.5. The highest BCUT2D eigenvalue weighted by atomic mass is 16.4. The molecule has 0 spiro atoms. The minimum atomic E-state index is -0.913. The van der Waals surface area contributed by atoms with E-state index in [-0.39, 0.29) is 27.6 Å². The normalized spacial score (nSPS) is 41.4. The van der Waals surface area contributed by atoms with Crippen molar-refractivity contribution in [2.75, 3.05) is 0 Å². The van der Waals surface area contributed by atoms with Gasteiger partial charge in [0.15, 0.2) is 0 Å². The first-order valence-corrected chi connectivity index (χ1v) is 13.5. The summed E-state index contributed by atoms with van der Waals surface area (Å²) in [6.45, 7) is 15.6. The van der Waals surface area contributed by atoms with E-state index in [1.54, 1.807) is 24.1 Å². The summed E-state index contributed by atoms with van der Waals surface area (Å²) in [5.41, 5.74) is 3.87. The van der Waals surface area contributed by atoms with Crippen molar-refractivity contribution in [2.45, 2.75) is 112 Å². The van der Waals surface area contributed by atoms with E-state index in [0.29, 0.717) is 36.0 Å². The van der Waals surface area contributed by atoms with Gasteiger partial charge in [0.25, 0.3) is 0 Å². The Bertz CT molecular complexity index is 941. The lowest BCUT2D eigenvalue weighted by atomic mass is 9.43. The van der Waals surface area contributed by atoms with Crippen LogP contribution >= 0.6 is 0 Å². The smallest absolute Gasteiger partial charge is 0.330 e. The third-order valence-corrected chi connectivity index (χ3v) is 11.8. The van der Waals surface area contributed by atoms with E-state index in [4.69, 9.17) is 5.11 Å². The van der Waals surface area contributed by atoms with Crippen molar-refractivity contribution in [2.24, 2.45) is 39.4 Å². The molecule has 0 saturated heterocycles. The molecule has 4 heteroatoms. The Morgan fingerprint density at radius 3 is 2.35 bits per heavy atom. The predicted octanol–water partition coefficient (Wildman–Crippen LogP) is 6.72. The van der Waals surface area contributed by atoms with Crippen LogP contribution in [0, 0.1) is 39.4 Å². The molecule has 4 rings (SSSR count). The number of carbonyl (C=O) groups is 2. The quantitative estimate of drug-likeness (QED) is 0.345. The fourth-order valence-corrected chi connectivity index (χ4v) is 9.24. The molecule has 4 aliphatic rings. The molecule has 4 aliphatic carbocycles. The maximum absolute atomic E-state index is 12.8. The van der Waals surface area contributed by atoms with Crippen molar-refractivity contribution < 1.29 is 19.8 Å². The molecule has 0 amide bonds. The Kier molecular flexibility index (Phi) is 6.28. The van der Waals surface area contributed by atoms with Crippen molar-refractivity contribution in [3.63, 3.8) is 0 Å². The Labute approximate surface area is 206 Å². The summed E-state index contributed by atoms with van der Waals surface area (Å²) < 4.78 is 0. The highest BCUT2D eigenvalue weighted by Gasteiger charge is 2.63. The number of aliphatic hydroxyl groups excluding tert-OH is 1. The van der Waals surface area contributed by atoms with Gasteiger partial charge >= 0.3 is 5.97 Å². The van der Waals surface area contributed by atoms with Crippen LogP contribution < -0.4 is 0 Å². The molecule has 190 valence electrons. The second-order valence-corrected chi connectivity index (χ2v) is 13.4. The Balaban J connectivity index is 1.63. The van der Waals surface area contributed by atoms with Crippen LogP contribution in [-0.2, 0) is 9.59 Å². The zero-order valence-electron chi connectivity index (χ0n) is 22.5. The molecule has 1 unspecified atom stereocenters. The lowest BCUT2D eigenvalue weighted by molar-refractivity contribution is -0.139. The van der Waals surface area contributed by atoms with Crippen LogP contribution in [0.2, 0.25) is 0 Å². The number of aliphatic hydroxyl groups is 1. The van der Waals surface area contributed by atoms with E-state index in [1.165, 1.54) is 0 Å². The average Bonchev–Trinajstić information content (AvgIpc) is 3.05. The molecule has 0 aromatic heterocycles. The number of hydrogen-bond donors (Lipinski definition) is 2. The molecule has 7 atom stereocenters. The van der Waals surface area contributed by atoms with Crippen LogP contribution in [0.1, 0.15) is 106 Å². The Morgan fingerprint density at radius 2 is 1.71 bits per heavy atom. The SMILES string of the molecule is C/C(=C\C[C@H](O)[C@@H](C)[C@H]1CC[C@@]2(C)C3=C(CC[C@]12C)[C@@]1(C)CCC(=O)C(C)(C)C1CC3)C(=O)O. The number of ketones is 1. The standard InChI is InChI=1S/C30H46O4/c1-18(26(33)34)8-10-23(31)19(2)20-12-16-30(7)22-9-11-24-27(3,4)25(32)14-15-28(24,5)21(22)13-17-29(20,30)6/h8,19-20,23-24,31H,9-17H2,1-7H3,(H,33,34)/b18-8+/t19-,20+,23-,24?,28+,29+,30-/m0/s1. The molecule has 2 fully saturated rings. The number of hydrogen-bond acceptors (Lipinski definition) is 3. The number of fused-ring (bicyclic) bond motifs is 4. The van der Waals surface area contributed by atoms with E-state index in [0.717, 1.165) is 44.9 Å². The summed E-state index contributed by atoms with van der Waals surface area (Å²) in [6.07, 6.45) is 10.0. The van der Waals surface area contributed by atoms with Gasteiger partial charge < -0.3 is 10.2 Å². The molecule has 0 heterocycles. The molecule has 0 radical (unpaired) electrons. The number of carboxylic acid groups (broad SMARTS) is 1. The van der Waals surface area contributed by atoms with Crippen LogP contribution in [-0.4, -0.2) is 28.1 Å². The molecule has 0 aromatic rings. The third-order valence-electron chi connectivity index (χ3n) is 11.8. The number of aliphatic carboxylic acids is 1. The maximum atomic E-state index is 12.8. The summed E-state index contributed by atoms with van der Waals surface area (Å²) in [6, 6.07) is 0. The zero-order valence-corrected chi connectivity index (χ0v) is 22.5. The van der Waals surface area contributed by atoms with Gasteiger partial charge in [0, 0.05) is 17.4 Å². The van der Waals surface area contributed by atoms with Gasteiger partial charge in [-0.1, -0.05) is 58.8 Å². The lowest BCUT2D eigenvalue weighted by Crippen LogP contribution is -2.54. The Hall–Kier alpha value is -1.42. The fraction of sp³-hybridized carbons (Fsp3) is 0.800. The van der Waals surface area contributed by atoms with Gasteiger partial charge in [-0.3, -0.25) is 4.79 Å². The van der Waals surface area contributed by atoms with E-state index in [2.05, 4.69) is 41.5 Å². The van der Waals surface area contributed by atoms with Gasteiger partial charge in [0.2, 0.25) is 0 Å². The monoisotopic (exact) mass is 470 g/mol. The molecule has 2 N–H and O–H groups in total. The largest absolute Gasteiger partial charge is 0.478 e. The van der Waals surface area contributed by atoms with Crippen molar-refractivity contribution in [1.29, 1.82) is 0 Å². The van der Waals surface area contributed by atoms with Crippen LogP contribution in [0.3, 0.4) is 0 Å². The van der Waals surface area contributed by atoms with Gasteiger partial charge in [-0.15, -0.1) is 0 Å². The van der Waals surface area contributed by atoms with Gasteiger partial charge in [-0.25, -0.2) is 4.79 Å². The van der Waals surface area contributed by atoms with E-state index in [1.807, 2.05) is 0 Å². The van der Waals surface area contributed by atoms with Gasteiger partial charge in [0.1, 0.15) is 5.78 Å². The first-order chi connectivity index (χ1) is 15.7. The molecular formula is C30H46O4. The third kappa shape index (κ3) is 3.49. The zero-order chi connectivity index (χ0) is 25.3. The number of allylic oxidation sites excluding steroid dienone is 2.